The van der Waals surface area contributed by atoms with Crippen molar-refractivity contribution in [1.29, 1.82) is 0 Å². The zero-order valence-corrected chi connectivity index (χ0v) is 8.96. The molecule has 1 aromatic heterocycles. The number of nitrogens with zero attached hydrogens (tertiary/aromatic N) is 1. The Labute approximate surface area is 97.7 Å². The molecule has 0 fully saturated rings. The molecule has 5 nitrogen and oxygen atoms in total. The minimum absolute atomic E-state index is 0.537. The molecule has 0 bridgehead atoms. The number of hydrogen-bond acceptors (Lipinski definition) is 5. The van der Waals surface area contributed by atoms with Crippen LogP contribution in [0.15, 0.2) is 6.07 Å². The number of rotatable bonds is 3. The largest absolute Gasteiger partial charge is 0.573 e. The van der Waals surface area contributed by atoms with Gasteiger partial charge < -0.3 is 14.6 Å². The fourth-order valence-electron chi connectivity index (χ4n) is 0.957. The van der Waals surface area contributed by atoms with Crippen molar-refractivity contribution < 1.29 is 32.5 Å². The molecule has 0 aliphatic carbocycles. The zero-order chi connectivity index (χ0) is 13.2. The van der Waals surface area contributed by atoms with Crippen LogP contribution in [0.1, 0.15) is 10.5 Å². The number of aromatic nitrogens is 1. The Morgan fingerprint density at radius 3 is 2.53 bits per heavy atom. The van der Waals surface area contributed by atoms with Crippen LogP contribution in [0.2, 0.25) is 0 Å². The molecule has 0 aliphatic rings. The number of methoxy groups -OCH3 is 1. The number of aromatic hydroxyl groups is 1. The second-order valence-corrected chi connectivity index (χ2v) is 3.03. The van der Waals surface area contributed by atoms with E-state index in [1.807, 2.05) is 0 Å². The maximum Gasteiger partial charge on any atom is 0.573 e. The fraction of sp³-hybridized carbons (Fsp3) is 0.250. The predicted molar refractivity (Wildman–Crippen MR) is 49.3 cm³/mol. The van der Waals surface area contributed by atoms with Crippen LogP contribution in [0.4, 0.5) is 13.2 Å². The van der Waals surface area contributed by atoms with E-state index in [9.17, 15) is 23.1 Å². The van der Waals surface area contributed by atoms with Gasteiger partial charge in [-0.2, -0.15) is 0 Å². The second-order valence-electron chi connectivity index (χ2n) is 2.69. The molecule has 94 valence electrons. The van der Waals surface area contributed by atoms with Crippen LogP contribution in [0.3, 0.4) is 0 Å². The van der Waals surface area contributed by atoms with Gasteiger partial charge in [0.15, 0.2) is 11.4 Å². The molecule has 0 amide bonds. The van der Waals surface area contributed by atoms with Gasteiger partial charge in [0.25, 0.3) is 11.1 Å². The Bertz CT molecular complexity index is 449. The first-order chi connectivity index (χ1) is 7.74. The van der Waals surface area contributed by atoms with Crippen molar-refractivity contribution in [2.45, 2.75) is 6.36 Å². The second kappa shape index (κ2) is 4.66. The summed E-state index contributed by atoms with van der Waals surface area (Å²) >= 11 is 5.04. The van der Waals surface area contributed by atoms with Crippen LogP contribution >= 0.6 is 11.6 Å². The van der Waals surface area contributed by atoms with Gasteiger partial charge in [0, 0.05) is 6.07 Å². The molecule has 0 radical (unpaired) electrons. The van der Waals surface area contributed by atoms with Crippen LogP contribution in [-0.4, -0.2) is 28.8 Å². The summed E-state index contributed by atoms with van der Waals surface area (Å²) < 4.78 is 43.9. The fourth-order valence-corrected chi connectivity index (χ4v) is 1.10. The number of carbonyl (C=O) groups is 1. The highest BCUT2D eigenvalue weighted by atomic mass is 35.5. The summed E-state index contributed by atoms with van der Waals surface area (Å²) in [5.74, 6) is -2.34. The van der Waals surface area contributed by atoms with Crippen molar-refractivity contribution in [2.24, 2.45) is 0 Å². The van der Waals surface area contributed by atoms with Gasteiger partial charge in [0.1, 0.15) is 5.75 Å². The number of hydrogen-bond donors (Lipinski definition) is 1. The van der Waals surface area contributed by atoms with E-state index in [4.69, 9.17) is 11.6 Å². The summed E-state index contributed by atoms with van der Waals surface area (Å²) in [5.41, 5.74) is -0.627. The first-order valence-electron chi connectivity index (χ1n) is 3.98. The summed E-state index contributed by atoms with van der Waals surface area (Å²) in [6.45, 7) is 0. The summed E-state index contributed by atoms with van der Waals surface area (Å²) in [4.78, 5) is 14.1. The van der Waals surface area contributed by atoms with Gasteiger partial charge in [-0.3, -0.25) is 4.79 Å². The van der Waals surface area contributed by atoms with E-state index < -0.39 is 34.7 Å². The summed E-state index contributed by atoms with van der Waals surface area (Å²) in [5, 5.41) is 8.07. The molecule has 1 heterocycles. The molecule has 0 aliphatic heterocycles. The lowest BCUT2D eigenvalue weighted by molar-refractivity contribution is -0.275. The lowest BCUT2D eigenvalue weighted by Crippen LogP contribution is -2.18. The Kier molecular flexibility index (Phi) is 3.66. The predicted octanol–water partition coefficient (Wildman–Crippen LogP) is 2.07. The molecule has 0 saturated carbocycles. The Morgan fingerprint density at radius 1 is 1.53 bits per heavy atom. The molecule has 17 heavy (non-hydrogen) atoms. The normalized spacial score (nSPS) is 11.1. The molecule has 0 spiro atoms. The smallest absolute Gasteiger partial charge is 0.505 e. The first kappa shape index (κ1) is 13.4. The Hall–Kier alpha value is -1.70. The van der Waals surface area contributed by atoms with E-state index in [1.54, 1.807) is 0 Å². The molecular formula is C8H5ClF3NO4. The van der Waals surface area contributed by atoms with Gasteiger partial charge in [-0.05, 0) is 11.6 Å². The molecule has 0 saturated heterocycles. The number of pyridine rings is 1. The lowest BCUT2D eigenvalue weighted by Gasteiger charge is -2.12. The van der Waals surface area contributed by atoms with Crippen molar-refractivity contribution in [3.63, 3.8) is 0 Å². The van der Waals surface area contributed by atoms with Gasteiger partial charge in [-0.15, -0.1) is 13.2 Å². The number of ether oxygens (including phenoxy) is 2. The van der Waals surface area contributed by atoms with Gasteiger partial charge >= 0.3 is 6.36 Å². The van der Waals surface area contributed by atoms with Crippen LogP contribution in [0.25, 0.3) is 0 Å². The molecule has 9 heteroatoms. The van der Waals surface area contributed by atoms with Crippen LogP contribution in [0.5, 0.6) is 17.4 Å². The molecule has 0 atom stereocenters. The van der Waals surface area contributed by atoms with E-state index in [-0.39, 0.29) is 0 Å². The summed E-state index contributed by atoms with van der Waals surface area (Å²) in [6.07, 6.45) is -4.98. The van der Waals surface area contributed by atoms with Crippen molar-refractivity contribution in [3.05, 3.63) is 11.8 Å². The van der Waals surface area contributed by atoms with Gasteiger partial charge in [0.05, 0.1) is 7.11 Å². The van der Waals surface area contributed by atoms with Crippen LogP contribution in [-0.2, 0) is 0 Å². The number of carbonyl (C=O) groups excluding carboxylic acids is 1. The molecule has 1 rings (SSSR count). The minimum atomic E-state index is -4.98. The van der Waals surface area contributed by atoms with E-state index in [0.29, 0.717) is 6.07 Å². The van der Waals surface area contributed by atoms with Crippen LogP contribution < -0.4 is 9.47 Å². The van der Waals surface area contributed by atoms with E-state index in [2.05, 4.69) is 14.5 Å². The summed E-state index contributed by atoms with van der Waals surface area (Å²) in [6, 6.07) is 0.537. The highest BCUT2D eigenvalue weighted by molar-refractivity contribution is 6.67. The van der Waals surface area contributed by atoms with Crippen LogP contribution in [0, 0.1) is 0 Å². The van der Waals surface area contributed by atoms with Gasteiger partial charge in [-0.25, -0.2) is 4.98 Å². The standard InChI is InChI=1S/C8H5ClF3NO4/c1-16-7-4(17-8(10,11)12)2-3(14)5(13-7)6(9)15/h2,14H,1H3. The summed E-state index contributed by atoms with van der Waals surface area (Å²) in [7, 11) is 1.02. The van der Waals surface area contributed by atoms with Crippen molar-refractivity contribution in [2.75, 3.05) is 7.11 Å². The van der Waals surface area contributed by atoms with Crippen molar-refractivity contribution in [1.82, 2.24) is 4.98 Å². The SMILES string of the molecule is COc1nc(C(=O)Cl)c(O)cc1OC(F)(F)F. The third-order valence-electron chi connectivity index (χ3n) is 1.54. The number of alkyl halides is 3. The maximum atomic E-state index is 12.0. The van der Waals surface area contributed by atoms with E-state index >= 15 is 0 Å². The van der Waals surface area contributed by atoms with Gasteiger partial charge in [-0.1, -0.05) is 0 Å². The third kappa shape index (κ3) is 3.38. The van der Waals surface area contributed by atoms with E-state index in [1.165, 1.54) is 0 Å². The quantitative estimate of drug-likeness (QED) is 0.852. The highest BCUT2D eigenvalue weighted by Crippen LogP contribution is 2.35. The van der Waals surface area contributed by atoms with Crippen molar-refractivity contribution >= 4 is 16.8 Å². The molecule has 0 aromatic carbocycles. The monoisotopic (exact) mass is 271 g/mol. The van der Waals surface area contributed by atoms with Gasteiger partial charge in [0.2, 0.25) is 0 Å². The maximum absolute atomic E-state index is 12.0. The number of halogens is 4. The van der Waals surface area contributed by atoms with E-state index in [0.717, 1.165) is 7.11 Å². The highest BCUT2D eigenvalue weighted by Gasteiger charge is 2.33. The average molecular weight is 272 g/mol. The zero-order valence-electron chi connectivity index (χ0n) is 8.21. The molecule has 1 N–H and O–H groups in total. The van der Waals surface area contributed by atoms with Crippen molar-refractivity contribution in [3.8, 4) is 17.4 Å². The Morgan fingerprint density at radius 2 is 2.12 bits per heavy atom. The Balaban J connectivity index is 3.24. The minimum Gasteiger partial charge on any atom is -0.505 e. The average Bonchev–Trinajstić information content (AvgIpc) is 2.14. The lowest BCUT2D eigenvalue weighted by atomic mass is 10.3. The topological polar surface area (TPSA) is 68.7 Å². The molecule has 0 unspecified atom stereocenters. The first-order valence-corrected chi connectivity index (χ1v) is 4.36. The molecule has 1 aromatic rings. The molecular weight excluding hydrogens is 267 g/mol. The third-order valence-corrected chi connectivity index (χ3v) is 1.72.